The summed E-state index contributed by atoms with van der Waals surface area (Å²) in [5, 5.41) is 0. The first kappa shape index (κ1) is 7.92. The average molecular weight is 148 g/mol. The van der Waals surface area contributed by atoms with Gasteiger partial charge in [0.15, 0.2) is 0 Å². The zero-order valence-corrected chi connectivity index (χ0v) is 6.91. The van der Waals surface area contributed by atoms with Crippen LogP contribution in [0.15, 0.2) is 18.8 Å². The van der Waals surface area contributed by atoms with Crippen LogP contribution in [0.25, 0.3) is 6.08 Å². The molecule has 0 saturated heterocycles. The van der Waals surface area contributed by atoms with Gasteiger partial charge >= 0.3 is 0 Å². The second-order valence-corrected chi connectivity index (χ2v) is 2.70. The lowest BCUT2D eigenvalue weighted by Gasteiger charge is -2.02. The normalized spacial score (nSPS) is 10.1. The van der Waals surface area contributed by atoms with Gasteiger partial charge in [-0.1, -0.05) is 20.4 Å². The summed E-state index contributed by atoms with van der Waals surface area (Å²) in [7, 11) is 0. The van der Waals surface area contributed by atoms with Gasteiger partial charge in [-0.05, 0) is 12.1 Å². The van der Waals surface area contributed by atoms with Crippen LogP contribution in [0.2, 0.25) is 0 Å². The number of hydrogen-bond donors (Lipinski definition) is 0. The first-order valence-corrected chi connectivity index (χ1v) is 3.69. The lowest BCUT2D eigenvalue weighted by Crippen LogP contribution is -1.97. The molecule has 0 radical (unpaired) electrons. The zero-order chi connectivity index (χ0) is 8.27. The summed E-state index contributed by atoms with van der Waals surface area (Å²) in [6.07, 6.45) is 3.49. The van der Waals surface area contributed by atoms with Gasteiger partial charge in [0.05, 0.1) is 5.69 Å². The quantitative estimate of drug-likeness (QED) is 0.642. The molecule has 1 heterocycles. The molecule has 0 bridgehead atoms. The summed E-state index contributed by atoms with van der Waals surface area (Å²) in [6, 6.07) is 1.85. The molecule has 0 atom stereocenters. The van der Waals surface area contributed by atoms with Gasteiger partial charge in [0, 0.05) is 12.1 Å². The van der Waals surface area contributed by atoms with Crippen LogP contribution in [-0.4, -0.2) is 9.97 Å². The largest absolute Gasteiger partial charge is 0.241 e. The fourth-order valence-corrected chi connectivity index (χ4v) is 0.780. The maximum atomic E-state index is 4.26. The standard InChI is InChI=1S/C9H12N2/c1-4-8-5-6-10-9(11-8)7(2)3/h4-7H,1H2,2-3H3. The Labute approximate surface area is 67.0 Å². The maximum absolute atomic E-state index is 4.26. The molecule has 1 aromatic heterocycles. The summed E-state index contributed by atoms with van der Waals surface area (Å²) < 4.78 is 0. The fourth-order valence-electron chi connectivity index (χ4n) is 0.780. The number of aromatic nitrogens is 2. The highest BCUT2D eigenvalue weighted by Gasteiger charge is 2.00. The van der Waals surface area contributed by atoms with Crippen molar-refractivity contribution in [2.45, 2.75) is 19.8 Å². The van der Waals surface area contributed by atoms with E-state index in [1.165, 1.54) is 0 Å². The van der Waals surface area contributed by atoms with Crippen molar-refractivity contribution in [2.75, 3.05) is 0 Å². The molecule has 1 rings (SSSR count). The second-order valence-electron chi connectivity index (χ2n) is 2.70. The van der Waals surface area contributed by atoms with Gasteiger partial charge in [0.2, 0.25) is 0 Å². The lowest BCUT2D eigenvalue weighted by atomic mass is 10.2. The first-order chi connectivity index (χ1) is 5.24. The number of nitrogens with zero attached hydrogens (tertiary/aromatic N) is 2. The predicted octanol–water partition coefficient (Wildman–Crippen LogP) is 2.24. The third-order valence-corrected chi connectivity index (χ3v) is 1.42. The highest BCUT2D eigenvalue weighted by molar-refractivity contribution is 5.40. The minimum absolute atomic E-state index is 0.384. The molecule has 58 valence electrons. The molecular weight excluding hydrogens is 136 g/mol. The monoisotopic (exact) mass is 148 g/mol. The van der Waals surface area contributed by atoms with Crippen molar-refractivity contribution in [1.29, 1.82) is 0 Å². The molecule has 2 heteroatoms. The van der Waals surface area contributed by atoms with Crippen molar-refractivity contribution < 1.29 is 0 Å². The van der Waals surface area contributed by atoms with E-state index >= 15 is 0 Å². The lowest BCUT2D eigenvalue weighted by molar-refractivity contribution is 0.772. The molecular formula is C9H12N2. The summed E-state index contributed by atoms with van der Waals surface area (Å²) in [4.78, 5) is 8.39. The molecule has 0 spiro atoms. The SMILES string of the molecule is C=Cc1ccnc(C(C)C)n1. The Balaban J connectivity index is 3.00. The van der Waals surface area contributed by atoms with Crippen LogP contribution >= 0.6 is 0 Å². The van der Waals surface area contributed by atoms with Crippen LogP contribution in [0.1, 0.15) is 31.3 Å². The van der Waals surface area contributed by atoms with Crippen LogP contribution in [-0.2, 0) is 0 Å². The van der Waals surface area contributed by atoms with Crippen LogP contribution in [0.3, 0.4) is 0 Å². The van der Waals surface area contributed by atoms with Crippen LogP contribution < -0.4 is 0 Å². The summed E-state index contributed by atoms with van der Waals surface area (Å²) in [5.41, 5.74) is 0.892. The minimum atomic E-state index is 0.384. The van der Waals surface area contributed by atoms with E-state index < -0.39 is 0 Å². The average Bonchev–Trinajstić information content (AvgIpc) is 2.05. The molecule has 2 nitrogen and oxygen atoms in total. The zero-order valence-electron chi connectivity index (χ0n) is 6.91. The Kier molecular flexibility index (Phi) is 2.36. The Morgan fingerprint density at radius 2 is 2.27 bits per heavy atom. The van der Waals surface area contributed by atoms with Gasteiger partial charge in [-0.2, -0.15) is 0 Å². The Bertz CT molecular complexity index is 253. The van der Waals surface area contributed by atoms with Crippen molar-refractivity contribution in [3.63, 3.8) is 0 Å². The Morgan fingerprint density at radius 1 is 1.55 bits per heavy atom. The number of rotatable bonds is 2. The van der Waals surface area contributed by atoms with Crippen LogP contribution in [0, 0.1) is 0 Å². The molecule has 0 fully saturated rings. The van der Waals surface area contributed by atoms with Gasteiger partial charge < -0.3 is 0 Å². The molecule has 11 heavy (non-hydrogen) atoms. The van der Waals surface area contributed by atoms with E-state index in [2.05, 4.69) is 30.4 Å². The maximum Gasteiger partial charge on any atom is 0.131 e. The van der Waals surface area contributed by atoms with Gasteiger partial charge in [0.1, 0.15) is 5.82 Å². The van der Waals surface area contributed by atoms with E-state index in [9.17, 15) is 0 Å². The highest BCUT2D eigenvalue weighted by Crippen LogP contribution is 2.08. The van der Waals surface area contributed by atoms with E-state index in [1.54, 1.807) is 12.3 Å². The Hall–Kier alpha value is -1.18. The second kappa shape index (κ2) is 3.28. The first-order valence-electron chi connectivity index (χ1n) is 3.69. The van der Waals surface area contributed by atoms with E-state index in [0.717, 1.165) is 11.5 Å². The van der Waals surface area contributed by atoms with Gasteiger partial charge in [-0.25, -0.2) is 9.97 Å². The Morgan fingerprint density at radius 3 is 2.82 bits per heavy atom. The van der Waals surface area contributed by atoms with Crippen molar-refractivity contribution in [3.05, 3.63) is 30.4 Å². The van der Waals surface area contributed by atoms with Crippen LogP contribution in [0.5, 0.6) is 0 Å². The third-order valence-electron chi connectivity index (χ3n) is 1.42. The van der Waals surface area contributed by atoms with E-state index in [-0.39, 0.29) is 0 Å². The molecule has 0 aliphatic heterocycles. The molecule has 0 unspecified atom stereocenters. The van der Waals surface area contributed by atoms with E-state index in [4.69, 9.17) is 0 Å². The molecule has 0 aliphatic rings. The van der Waals surface area contributed by atoms with E-state index in [1.807, 2.05) is 6.07 Å². The molecule has 1 aromatic rings. The summed E-state index contributed by atoms with van der Waals surface area (Å²) >= 11 is 0. The summed E-state index contributed by atoms with van der Waals surface area (Å²) in [5.74, 6) is 1.26. The molecule has 0 aromatic carbocycles. The minimum Gasteiger partial charge on any atom is -0.241 e. The highest BCUT2D eigenvalue weighted by atomic mass is 14.9. The van der Waals surface area contributed by atoms with Crippen LogP contribution in [0.4, 0.5) is 0 Å². The molecule has 0 N–H and O–H groups in total. The molecule has 0 saturated carbocycles. The smallest absolute Gasteiger partial charge is 0.131 e. The topological polar surface area (TPSA) is 25.8 Å². The van der Waals surface area contributed by atoms with Crippen molar-refractivity contribution in [1.82, 2.24) is 9.97 Å². The molecule has 0 amide bonds. The van der Waals surface area contributed by atoms with E-state index in [0.29, 0.717) is 5.92 Å². The van der Waals surface area contributed by atoms with Gasteiger partial charge in [-0.3, -0.25) is 0 Å². The summed E-state index contributed by atoms with van der Waals surface area (Å²) in [6.45, 7) is 7.78. The van der Waals surface area contributed by atoms with Crippen molar-refractivity contribution >= 4 is 6.08 Å². The molecule has 0 aliphatic carbocycles. The number of hydrogen-bond acceptors (Lipinski definition) is 2. The predicted molar refractivity (Wildman–Crippen MR) is 46.2 cm³/mol. The third kappa shape index (κ3) is 1.87. The van der Waals surface area contributed by atoms with Crippen molar-refractivity contribution in [2.24, 2.45) is 0 Å². The van der Waals surface area contributed by atoms with Crippen molar-refractivity contribution in [3.8, 4) is 0 Å². The van der Waals surface area contributed by atoms with Gasteiger partial charge in [0.25, 0.3) is 0 Å². The fraction of sp³-hybridized carbons (Fsp3) is 0.333. The van der Waals surface area contributed by atoms with Gasteiger partial charge in [-0.15, -0.1) is 0 Å².